The molecule has 1 aliphatic rings. The molecule has 2 aromatic rings. The van der Waals surface area contributed by atoms with E-state index in [0.717, 1.165) is 10.5 Å². The second-order valence-electron chi connectivity index (χ2n) is 3.79. The average molecular weight is 254 g/mol. The smallest absolute Gasteiger partial charge is 0.0861 e. The third-order valence-corrected chi connectivity index (χ3v) is 4.13. The summed E-state index contributed by atoms with van der Waals surface area (Å²) in [6, 6.07) is 4.08. The summed E-state index contributed by atoms with van der Waals surface area (Å²) < 4.78 is 1.26. The fraction of sp³-hybridized carbons (Fsp3) is 0.462. The van der Waals surface area contributed by atoms with Crippen molar-refractivity contribution in [3.05, 3.63) is 28.2 Å². The maximum absolute atomic E-state index is 6.23. The molecule has 0 amide bonds. The van der Waals surface area contributed by atoms with Gasteiger partial charge in [-0.15, -0.1) is 11.3 Å². The zero-order chi connectivity index (χ0) is 11.5. The SMILES string of the molecule is CC.Clc1ccc2scnc2c1C1CCC1. The molecule has 3 rings (SSSR count). The first-order valence-corrected chi connectivity index (χ1v) is 7.13. The van der Waals surface area contributed by atoms with Crippen molar-refractivity contribution in [1.29, 1.82) is 0 Å². The molecule has 1 heterocycles. The molecule has 0 N–H and O–H groups in total. The number of halogens is 1. The van der Waals surface area contributed by atoms with Gasteiger partial charge in [0.15, 0.2) is 0 Å². The third kappa shape index (κ3) is 1.96. The van der Waals surface area contributed by atoms with E-state index in [4.69, 9.17) is 11.6 Å². The number of benzene rings is 1. The van der Waals surface area contributed by atoms with Gasteiger partial charge in [-0.05, 0) is 30.9 Å². The Morgan fingerprint density at radius 2 is 2.06 bits per heavy atom. The molecule has 0 unspecified atom stereocenters. The van der Waals surface area contributed by atoms with Gasteiger partial charge in [-0.25, -0.2) is 4.98 Å². The number of aromatic nitrogens is 1. The van der Waals surface area contributed by atoms with Crippen LogP contribution in [-0.4, -0.2) is 4.98 Å². The second-order valence-corrected chi connectivity index (χ2v) is 5.08. The molecular formula is C13H16ClNS. The number of hydrogen-bond donors (Lipinski definition) is 0. The largest absolute Gasteiger partial charge is 0.244 e. The van der Waals surface area contributed by atoms with Crippen molar-refractivity contribution in [1.82, 2.24) is 4.98 Å². The second kappa shape index (κ2) is 5.15. The standard InChI is InChI=1S/C11H10ClNS.C2H6/c12-8-4-5-9-11(13-6-14-9)10(8)7-2-1-3-7;1-2/h4-7H,1-3H2;1-2H3. The Kier molecular flexibility index (Phi) is 3.82. The van der Waals surface area contributed by atoms with Crippen LogP contribution < -0.4 is 0 Å². The number of fused-ring (bicyclic) bond motifs is 1. The van der Waals surface area contributed by atoms with Gasteiger partial charge in [-0.1, -0.05) is 31.9 Å². The first kappa shape index (κ1) is 11.9. The van der Waals surface area contributed by atoms with Crippen LogP contribution in [0.1, 0.15) is 44.6 Å². The summed E-state index contributed by atoms with van der Waals surface area (Å²) in [4.78, 5) is 4.42. The highest BCUT2D eigenvalue weighted by molar-refractivity contribution is 7.16. The van der Waals surface area contributed by atoms with Crippen LogP contribution in [0.15, 0.2) is 17.6 Å². The average Bonchev–Trinajstić information content (AvgIpc) is 2.70. The van der Waals surface area contributed by atoms with E-state index in [0.29, 0.717) is 5.92 Å². The van der Waals surface area contributed by atoms with Crippen LogP contribution in [0.4, 0.5) is 0 Å². The normalized spacial score (nSPS) is 15.4. The minimum atomic E-state index is 0.660. The van der Waals surface area contributed by atoms with Gasteiger partial charge in [0.05, 0.1) is 15.7 Å². The van der Waals surface area contributed by atoms with Gasteiger partial charge in [-0.3, -0.25) is 0 Å². The number of thiazole rings is 1. The van der Waals surface area contributed by atoms with Crippen LogP contribution in [-0.2, 0) is 0 Å². The van der Waals surface area contributed by atoms with Gasteiger partial charge < -0.3 is 0 Å². The minimum absolute atomic E-state index is 0.660. The van der Waals surface area contributed by atoms with Gasteiger partial charge >= 0.3 is 0 Å². The van der Waals surface area contributed by atoms with Crippen LogP contribution in [0.25, 0.3) is 10.2 Å². The predicted molar refractivity (Wildman–Crippen MR) is 72.6 cm³/mol. The van der Waals surface area contributed by atoms with E-state index >= 15 is 0 Å². The molecule has 1 saturated carbocycles. The van der Waals surface area contributed by atoms with E-state index in [9.17, 15) is 0 Å². The molecule has 1 nitrogen and oxygen atoms in total. The maximum Gasteiger partial charge on any atom is 0.0861 e. The highest BCUT2D eigenvalue weighted by atomic mass is 35.5. The van der Waals surface area contributed by atoms with E-state index < -0.39 is 0 Å². The molecule has 0 aliphatic heterocycles. The summed E-state index contributed by atoms with van der Waals surface area (Å²) in [5.41, 5.74) is 4.33. The molecule has 1 aromatic heterocycles. The summed E-state index contributed by atoms with van der Waals surface area (Å²) in [7, 11) is 0. The quantitative estimate of drug-likeness (QED) is 0.677. The molecule has 0 bridgehead atoms. The van der Waals surface area contributed by atoms with Crippen molar-refractivity contribution in [3.8, 4) is 0 Å². The van der Waals surface area contributed by atoms with Crippen molar-refractivity contribution in [2.45, 2.75) is 39.0 Å². The first-order chi connectivity index (χ1) is 7.86. The summed E-state index contributed by atoms with van der Waals surface area (Å²) in [6.45, 7) is 4.00. The molecule has 0 atom stereocenters. The Hall–Kier alpha value is -0.600. The molecule has 0 spiro atoms. The molecule has 1 fully saturated rings. The zero-order valence-corrected chi connectivity index (χ0v) is 11.2. The third-order valence-electron chi connectivity index (χ3n) is 3.00. The molecule has 86 valence electrons. The molecule has 1 aromatic carbocycles. The van der Waals surface area contributed by atoms with Crippen LogP contribution in [0.5, 0.6) is 0 Å². The van der Waals surface area contributed by atoms with E-state index in [-0.39, 0.29) is 0 Å². The van der Waals surface area contributed by atoms with Crippen molar-refractivity contribution in [3.63, 3.8) is 0 Å². The van der Waals surface area contributed by atoms with Gasteiger partial charge in [0.25, 0.3) is 0 Å². The number of nitrogens with zero attached hydrogens (tertiary/aromatic N) is 1. The predicted octanol–water partition coefficient (Wildman–Crippen LogP) is 5.24. The molecule has 3 heteroatoms. The van der Waals surface area contributed by atoms with E-state index in [1.165, 1.54) is 29.5 Å². The van der Waals surface area contributed by atoms with Gasteiger partial charge in [0.2, 0.25) is 0 Å². The molecule has 0 saturated heterocycles. The van der Waals surface area contributed by atoms with Crippen LogP contribution in [0.2, 0.25) is 5.02 Å². The van der Waals surface area contributed by atoms with Crippen LogP contribution in [0.3, 0.4) is 0 Å². The lowest BCUT2D eigenvalue weighted by Gasteiger charge is -2.26. The summed E-state index contributed by atoms with van der Waals surface area (Å²) in [5, 5.41) is 0.896. The first-order valence-electron chi connectivity index (χ1n) is 5.88. The summed E-state index contributed by atoms with van der Waals surface area (Å²) >= 11 is 7.92. The van der Waals surface area contributed by atoms with Crippen molar-refractivity contribution in [2.24, 2.45) is 0 Å². The summed E-state index contributed by atoms with van der Waals surface area (Å²) in [5.74, 6) is 0.660. The van der Waals surface area contributed by atoms with Crippen molar-refractivity contribution >= 4 is 33.2 Å². The van der Waals surface area contributed by atoms with Crippen molar-refractivity contribution in [2.75, 3.05) is 0 Å². The minimum Gasteiger partial charge on any atom is -0.244 e. The Bertz CT molecular complexity index is 474. The highest BCUT2D eigenvalue weighted by Crippen LogP contribution is 2.43. The molecular weight excluding hydrogens is 238 g/mol. The fourth-order valence-electron chi connectivity index (χ4n) is 2.01. The molecule has 1 aliphatic carbocycles. The topological polar surface area (TPSA) is 12.9 Å². The van der Waals surface area contributed by atoms with Crippen LogP contribution >= 0.6 is 22.9 Å². The lowest BCUT2D eigenvalue weighted by atomic mass is 9.79. The number of hydrogen-bond acceptors (Lipinski definition) is 2. The lowest BCUT2D eigenvalue weighted by molar-refractivity contribution is 0.422. The summed E-state index contributed by atoms with van der Waals surface area (Å²) in [6.07, 6.45) is 3.88. The van der Waals surface area contributed by atoms with Gasteiger partial charge in [0, 0.05) is 10.6 Å². The van der Waals surface area contributed by atoms with Crippen LogP contribution in [0, 0.1) is 0 Å². The fourth-order valence-corrected chi connectivity index (χ4v) is 3.01. The molecule has 16 heavy (non-hydrogen) atoms. The molecule has 0 radical (unpaired) electrons. The Labute approximate surface area is 105 Å². The number of rotatable bonds is 1. The van der Waals surface area contributed by atoms with E-state index in [1.54, 1.807) is 11.3 Å². The Morgan fingerprint density at radius 1 is 1.31 bits per heavy atom. The maximum atomic E-state index is 6.23. The lowest BCUT2D eigenvalue weighted by Crippen LogP contribution is -2.09. The Morgan fingerprint density at radius 3 is 2.69 bits per heavy atom. The monoisotopic (exact) mass is 253 g/mol. The van der Waals surface area contributed by atoms with Gasteiger partial charge in [0.1, 0.15) is 0 Å². The van der Waals surface area contributed by atoms with Crippen molar-refractivity contribution < 1.29 is 0 Å². The van der Waals surface area contributed by atoms with Gasteiger partial charge in [-0.2, -0.15) is 0 Å². The Balaban J connectivity index is 0.000000457. The highest BCUT2D eigenvalue weighted by Gasteiger charge is 2.24. The van der Waals surface area contributed by atoms with E-state index in [1.807, 2.05) is 25.4 Å². The van der Waals surface area contributed by atoms with E-state index in [2.05, 4.69) is 11.1 Å². The zero-order valence-electron chi connectivity index (χ0n) is 9.66.